The first-order valence-electron chi connectivity index (χ1n) is 4.45. The van der Waals surface area contributed by atoms with Gasteiger partial charge in [0.05, 0.1) is 0 Å². The summed E-state index contributed by atoms with van der Waals surface area (Å²) in [5, 5.41) is 12.4. The van der Waals surface area contributed by atoms with Crippen molar-refractivity contribution in [3.05, 3.63) is 0 Å². The van der Waals surface area contributed by atoms with Gasteiger partial charge >= 0.3 is 6.18 Å². The second kappa shape index (κ2) is 3.84. The topological polar surface area (TPSA) is 32.3 Å². The Hall–Kier alpha value is -0.290. The predicted molar refractivity (Wildman–Crippen MR) is 42.3 cm³/mol. The minimum absolute atomic E-state index is 0.191. The average molecular weight is 197 g/mol. The van der Waals surface area contributed by atoms with Crippen molar-refractivity contribution < 1.29 is 18.3 Å². The van der Waals surface area contributed by atoms with Gasteiger partial charge < -0.3 is 10.4 Å². The van der Waals surface area contributed by atoms with Gasteiger partial charge in [-0.05, 0) is 38.8 Å². The van der Waals surface area contributed by atoms with Crippen LogP contribution >= 0.6 is 0 Å². The van der Waals surface area contributed by atoms with Gasteiger partial charge in [-0.1, -0.05) is 0 Å². The molecular formula is C8H14F3NO. The minimum atomic E-state index is -4.48. The van der Waals surface area contributed by atoms with E-state index in [0.29, 0.717) is 25.9 Å². The summed E-state index contributed by atoms with van der Waals surface area (Å²) in [5.41, 5.74) is -2.45. The number of hydrogen-bond donors (Lipinski definition) is 2. The molecule has 0 spiro atoms. The molecule has 0 bridgehead atoms. The third kappa shape index (κ3) is 2.57. The first-order chi connectivity index (χ1) is 5.96. The Kier molecular flexibility index (Phi) is 3.18. The molecule has 2 nitrogen and oxygen atoms in total. The first-order valence-corrected chi connectivity index (χ1v) is 4.45. The third-order valence-corrected chi connectivity index (χ3v) is 2.42. The molecule has 0 amide bonds. The van der Waals surface area contributed by atoms with Gasteiger partial charge in [0, 0.05) is 0 Å². The number of hydrogen-bond acceptors (Lipinski definition) is 2. The fourth-order valence-electron chi connectivity index (χ4n) is 1.55. The fourth-order valence-corrected chi connectivity index (χ4v) is 1.55. The molecule has 1 aliphatic heterocycles. The molecule has 0 radical (unpaired) electrons. The van der Waals surface area contributed by atoms with Crippen molar-refractivity contribution in [3.8, 4) is 0 Å². The van der Waals surface area contributed by atoms with E-state index < -0.39 is 11.8 Å². The molecule has 0 aromatic heterocycles. The monoisotopic (exact) mass is 197 g/mol. The Morgan fingerprint density at radius 3 is 1.92 bits per heavy atom. The van der Waals surface area contributed by atoms with E-state index in [-0.39, 0.29) is 12.8 Å². The zero-order valence-corrected chi connectivity index (χ0v) is 7.32. The Labute approximate surface area is 75.1 Å². The number of alkyl halides is 3. The summed E-state index contributed by atoms with van der Waals surface area (Å²) in [6.45, 7) is 1.11. The van der Waals surface area contributed by atoms with Gasteiger partial charge in [-0.25, -0.2) is 0 Å². The summed E-state index contributed by atoms with van der Waals surface area (Å²) in [5.74, 6) is 0. The molecule has 1 saturated heterocycles. The van der Waals surface area contributed by atoms with E-state index in [0.717, 1.165) is 0 Å². The van der Waals surface area contributed by atoms with Crippen molar-refractivity contribution in [2.75, 3.05) is 13.1 Å². The van der Waals surface area contributed by atoms with Crippen LogP contribution in [0.3, 0.4) is 0 Å². The lowest BCUT2D eigenvalue weighted by Crippen LogP contribution is -2.47. The molecule has 1 fully saturated rings. The van der Waals surface area contributed by atoms with Gasteiger partial charge in [-0.2, -0.15) is 13.2 Å². The van der Waals surface area contributed by atoms with E-state index in [1.54, 1.807) is 0 Å². The number of aliphatic hydroxyl groups is 1. The Morgan fingerprint density at radius 1 is 1.08 bits per heavy atom. The number of nitrogens with one attached hydrogen (secondary N) is 1. The summed E-state index contributed by atoms with van der Waals surface area (Å²) in [4.78, 5) is 0. The summed E-state index contributed by atoms with van der Waals surface area (Å²) in [7, 11) is 0. The summed E-state index contributed by atoms with van der Waals surface area (Å²) in [6, 6.07) is 0. The summed E-state index contributed by atoms with van der Waals surface area (Å²) in [6.07, 6.45) is -4.12. The van der Waals surface area contributed by atoms with Crippen LogP contribution in [0.15, 0.2) is 0 Å². The maximum Gasteiger partial charge on any atom is 0.417 e. The van der Waals surface area contributed by atoms with Gasteiger partial charge in [-0.15, -0.1) is 0 Å². The highest BCUT2D eigenvalue weighted by Crippen LogP contribution is 2.37. The van der Waals surface area contributed by atoms with Crippen LogP contribution in [-0.4, -0.2) is 30.0 Å². The largest absolute Gasteiger partial charge is 0.417 e. The van der Waals surface area contributed by atoms with Gasteiger partial charge in [0.1, 0.15) is 0 Å². The standard InChI is InChI=1S/C8H14F3NO/c9-8(10,11)7(13)3-1-5-12-6-2-4-7/h12-13H,1-6H2. The molecule has 0 unspecified atom stereocenters. The lowest BCUT2D eigenvalue weighted by atomic mass is 9.90. The Balaban J connectivity index is 2.62. The molecule has 0 aliphatic carbocycles. The Bertz CT molecular complexity index is 161. The highest BCUT2D eigenvalue weighted by atomic mass is 19.4. The molecule has 0 aromatic carbocycles. The summed E-state index contributed by atoms with van der Waals surface area (Å²) >= 11 is 0. The van der Waals surface area contributed by atoms with E-state index in [9.17, 15) is 18.3 Å². The molecule has 2 N–H and O–H groups in total. The van der Waals surface area contributed by atoms with Crippen LogP contribution in [0.1, 0.15) is 25.7 Å². The fraction of sp³-hybridized carbons (Fsp3) is 1.00. The smallest absolute Gasteiger partial charge is 0.380 e. The Morgan fingerprint density at radius 2 is 1.54 bits per heavy atom. The van der Waals surface area contributed by atoms with Crippen LogP contribution < -0.4 is 5.32 Å². The molecule has 1 aliphatic rings. The van der Waals surface area contributed by atoms with Gasteiger partial charge in [0.2, 0.25) is 0 Å². The van der Waals surface area contributed by atoms with Crippen LogP contribution in [0.2, 0.25) is 0 Å². The number of rotatable bonds is 0. The van der Waals surface area contributed by atoms with Crippen molar-refractivity contribution in [2.45, 2.75) is 37.5 Å². The first kappa shape index (κ1) is 10.8. The van der Waals surface area contributed by atoms with E-state index in [1.165, 1.54) is 0 Å². The van der Waals surface area contributed by atoms with Crippen LogP contribution in [-0.2, 0) is 0 Å². The van der Waals surface area contributed by atoms with Crippen LogP contribution in [0.4, 0.5) is 13.2 Å². The third-order valence-electron chi connectivity index (χ3n) is 2.42. The SMILES string of the molecule is OC1(C(F)(F)F)CCCNCCC1. The lowest BCUT2D eigenvalue weighted by molar-refractivity contribution is -0.266. The van der Waals surface area contributed by atoms with Crippen molar-refractivity contribution in [1.29, 1.82) is 0 Å². The lowest BCUT2D eigenvalue weighted by Gasteiger charge is -2.32. The maximum absolute atomic E-state index is 12.4. The maximum atomic E-state index is 12.4. The van der Waals surface area contributed by atoms with E-state index in [2.05, 4.69) is 5.32 Å². The molecule has 5 heteroatoms. The molecule has 1 rings (SSSR count). The van der Waals surface area contributed by atoms with Crippen molar-refractivity contribution in [1.82, 2.24) is 5.32 Å². The van der Waals surface area contributed by atoms with Crippen molar-refractivity contribution in [3.63, 3.8) is 0 Å². The quantitative estimate of drug-likeness (QED) is 0.616. The van der Waals surface area contributed by atoms with Crippen molar-refractivity contribution in [2.24, 2.45) is 0 Å². The van der Waals surface area contributed by atoms with Crippen LogP contribution in [0, 0.1) is 0 Å². The van der Waals surface area contributed by atoms with Gasteiger partial charge in [0.25, 0.3) is 0 Å². The zero-order valence-electron chi connectivity index (χ0n) is 7.32. The molecule has 0 atom stereocenters. The van der Waals surface area contributed by atoms with E-state index in [1.807, 2.05) is 0 Å². The number of halogens is 3. The summed E-state index contributed by atoms with van der Waals surface area (Å²) < 4.78 is 37.1. The molecule has 13 heavy (non-hydrogen) atoms. The van der Waals surface area contributed by atoms with Gasteiger partial charge in [-0.3, -0.25) is 0 Å². The van der Waals surface area contributed by atoms with E-state index >= 15 is 0 Å². The normalized spacial score (nSPS) is 24.9. The van der Waals surface area contributed by atoms with Crippen LogP contribution in [0.25, 0.3) is 0 Å². The second-order valence-corrected chi connectivity index (χ2v) is 3.49. The van der Waals surface area contributed by atoms with Gasteiger partial charge in [0.15, 0.2) is 5.60 Å². The molecule has 0 aromatic rings. The van der Waals surface area contributed by atoms with E-state index in [4.69, 9.17) is 0 Å². The molecule has 78 valence electrons. The van der Waals surface area contributed by atoms with Crippen molar-refractivity contribution >= 4 is 0 Å². The molecule has 0 saturated carbocycles. The second-order valence-electron chi connectivity index (χ2n) is 3.49. The minimum Gasteiger partial charge on any atom is -0.380 e. The zero-order chi connectivity index (χ0) is 9.95. The molecular weight excluding hydrogens is 183 g/mol. The predicted octanol–water partition coefficient (Wildman–Crippen LogP) is 1.44. The molecule has 1 heterocycles. The van der Waals surface area contributed by atoms with Crippen LogP contribution in [0.5, 0.6) is 0 Å². The highest BCUT2D eigenvalue weighted by Gasteiger charge is 2.52. The average Bonchev–Trinajstić information content (AvgIpc) is 1.94. The highest BCUT2D eigenvalue weighted by molar-refractivity contribution is 4.87.